The van der Waals surface area contributed by atoms with E-state index in [4.69, 9.17) is 14.5 Å². The highest BCUT2D eigenvalue weighted by Gasteiger charge is 2.38. The standard InChI is InChI=1S/C46H42N8O6S2/c1-59-45(57)51-39(29-11-5-3-6-12-29)43(55)53-21-9-15-33(53)41-47-25-31(49-41)27-17-19-28(20-18-27)35-23-37-38(61-35)24-36(62-37)32-26-48-42(50-32)34-16-10-22-54(34)44(56)40(52-46(58)60-2)30-13-7-4-8-14-30/h3-9,11-15,17-20,23-26,33-34,39-40H,10,16,21-22H2,1-2H3,(H,47,49)(H,48,50)(H,51,57)(H,52,58)/t33?,34?,39-,40-/m1/s1. The number of hydrogen-bond acceptors (Lipinski definition) is 10. The lowest BCUT2D eigenvalue weighted by atomic mass is 10.1. The summed E-state index contributed by atoms with van der Waals surface area (Å²) in [6, 6.07) is 28.5. The Morgan fingerprint density at radius 2 is 1.24 bits per heavy atom. The molecule has 4 aromatic heterocycles. The number of nitrogens with zero attached hydrogens (tertiary/aromatic N) is 4. The van der Waals surface area contributed by atoms with E-state index in [1.807, 2.05) is 66.9 Å². The number of nitrogens with one attached hydrogen (secondary N) is 4. The van der Waals surface area contributed by atoms with Crippen molar-refractivity contribution in [1.82, 2.24) is 40.4 Å². The maximum absolute atomic E-state index is 13.9. The first kappa shape index (κ1) is 40.4. The molecule has 3 aromatic carbocycles. The molecule has 0 bridgehead atoms. The zero-order valence-corrected chi connectivity index (χ0v) is 35.4. The first-order chi connectivity index (χ1) is 30.3. The van der Waals surface area contributed by atoms with Crippen molar-refractivity contribution in [3.8, 4) is 32.3 Å². The van der Waals surface area contributed by atoms with Gasteiger partial charge in [-0.1, -0.05) is 97.1 Å². The van der Waals surface area contributed by atoms with Crippen LogP contribution in [0.1, 0.15) is 59.8 Å². The van der Waals surface area contributed by atoms with E-state index >= 15 is 0 Å². The highest BCUT2D eigenvalue weighted by Crippen LogP contribution is 2.42. The first-order valence-electron chi connectivity index (χ1n) is 20.1. The lowest BCUT2D eigenvalue weighted by molar-refractivity contribution is -0.135. The second-order valence-electron chi connectivity index (χ2n) is 14.9. The number of rotatable bonds is 11. The van der Waals surface area contributed by atoms with Crippen LogP contribution in [-0.2, 0) is 19.1 Å². The van der Waals surface area contributed by atoms with E-state index in [9.17, 15) is 19.2 Å². The number of aromatic amines is 2. The summed E-state index contributed by atoms with van der Waals surface area (Å²) in [5, 5.41) is 5.41. The van der Waals surface area contributed by atoms with Crippen molar-refractivity contribution < 1.29 is 28.7 Å². The molecule has 16 heteroatoms. The van der Waals surface area contributed by atoms with Gasteiger partial charge in [0.25, 0.3) is 11.8 Å². The summed E-state index contributed by atoms with van der Waals surface area (Å²) >= 11 is 3.41. The molecule has 9 rings (SSSR count). The third-order valence-electron chi connectivity index (χ3n) is 11.2. The number of methoxy groups -OCH3 is 2. The minimum absolute atomic E-state index is 0.208. The fourth-order valence-corrected chi connectivity index (χ4v) is 10.4. The van der Waals surface area contributed by atoms with Crippen molar-refractivity contribution in [2.75, 3.05) is 27.3 Å². The minimum Gasteiger partial charge on any atom is -0.453 e. The lowest BCUT2D eigenvalue weighted by Crippen LogP contribution is -2.43. The zero-order chi connectivity index (χ0) is 42.7. The number of likely N-dealkylation sites (tertiary alicyclic amines) is 1. The van der Waals surface area contributed by atoms with Gasteiger partial charge in [-0.15, -0.1) is 22.7 Å². The molecule has 1 saturated heterocycles. The van der Waals surface area contributed by atoms with Crippen LogP contribution < -0.4 is 10.6 Å². The maximum atomic E-state index is 13.9. The predicted molar refractivity (Wildman–Crippen MR) is 237 cm³/mol. The Labute approximate surface area is 364 Å². The number of benzene rings is 3. The van der Waals surface area contributed by atoms with Crippen LogP contribution in [0.2, 0.25) is 0 Å². The Balaban J connectivity index is 0.870. The molecule has 14 nitrogen and oxygen atoms in total. The molecule has 4 N–H and O–H groups in total. The number of H-pyrrole nitrogens is 2. The molecule has 314 valence electrons. The quantitative estimate of drug-likeness (QED) is 0.0935. The Hall–Kier alpha value is -7.04. The molecule has 0 radical (unpaired) electrons. The van der Waals surface area contributed by atoms with Gasteiger partial charge in [0.1, 0.15) is 29.8 Å². The van der Waals surface area contributed by atoms with Gasteiger partial charge in [-0.3, -0.25) is 9.59 Å². The van der Waals surface area contributed by atoms with Crippen molar-refractivity contribution in [2.24, 2.45) is 0 Å². The fourth-order valence-electron chi connectivity index (χ4n) is 8.04. The average Bonchev–Trinajstić information content (AvgIpc) is 4.17. The second-order valence-corrected chi connectivity index (χ2v) is 17.1. The van der Waals surface area contributed by atoms with Crippen molar-refractivity contribution in [3.63, 3.8) is 0 Å². The number of amides is 4. The molecule has 4 amide bonds. The third kappa shape index (κ3) is 8.09. The van der Waals surface area contributed by atoms with Gasteiger partial charge in [0, 0.05) is 27.4 Å². The summed E-state index contributed by atoms with van der Waals surface area (Å²) in [6.07, 6.45) is 7.68. The number of imidazole rings is 2. The summed E-state index contributed by atoms with van der Waals surface area (Å²) in [5.74, 6) is 0.853. The SMILES string of the molecule is COC(=O)N[C@@H](C(=O)N1CC=CC1c1ncc(-c2ccc(-c3cc4sc(-c5cnc(C6CCCN6C(=O)[C@H](NC(=O)OC)c6ccccc6)[nH]5)cc4s3)cc2)[nH]1)c1ccccc1. The third-order valence-corrected chi connectivity index (χ3v) is 13.5. The number of ether oxygens (including phenoxy) is 2. The maximum Gasteiger partial charge on any atom is 0.407 e. The van der Waals surface area contributed by atoms with Gasteiger partial charge in [0.05, 0.1) is 48.9 Å². The summed E-state index contributed by atoms with van der Waals surface area (Å²) in [5.41, 5.74) is 5.09. The number of hydrogen-bond donors (Lipinski definition) is 4. The fraction of sp³-hybridized carbons (Fsp3) is 0.217. The summed E-state index contributed by atoms with van der Waals surface area (Å²) in [7, 11) is 2.55. The van der Waals surface area contributed by atoms with E-state index in [1.54, 1.807) is 50.8 Å². The van der Waals surface area contributed by atoms with Crippen LogP contribution in [0.15, 0.2) is 122 Å². The van der Waals surface area contributed by atoms with Gasteiger partial charge >= 0.3 is 12.2 Å². The van der Waals surface area contributed by atoms with Gasteiger partial charge in [-0.25, -0.2) is 19.6 Å². The second kappa shape index (κ2) is 17.5. The van der Waals surface area contributed by atoms with Gasteiger partial charge in [0.15, 0.2) is 0 Å². The van der Waals surface area contributed by atoms with Crippen LogP contribution in [0.5, 0.6) is 0 Å². The summed E-state index contributed by atoms with van der Waals surface area (Å²) in [6.45, 7) is 0.931. The first-order valence-corrected chi connectivity index (χ1v) is 21.7. The van der Waals surface area contributed by atoms with E-state index in [0.717, 1.165) is 54.5 Å². The number of fused-ring (bicyclic) bond motifs is 1. The van der Waals surface area contributed by atoms with Crippen molar-refractivity contribution >= 4 is 56.1 Å². The molecule has 62 heavy (non-hydrogen) atoms. The molecule has 0 saturated carbocycles. The van der Waals surface area contributed by atoms with Crippen LogP contribution >= 0.6 is 22.7 Å². The Kier molecular flexibility index (Phi) is 11.4. The molecule has 2 aliphatic rings. The Morgan fingerprint density at radius 3 is 1.89 bits per heavy atom. The van der Waals surface area contributed by atoms with Crippen LogP contribution in [0.3, 0.4) is 0 Å². The molecule has 2 aliphatic heterocycles. The summed E-state index contributed by atoms with van der Waals surface area (Å²) in [4.78, 5) is 74.3. The molecule has 1 fully saturated rings. The average molecular weight is 867 g/mol. The van der Waals surface area contributed by atoms with E-state index in [0.29, 0.717) is 35.9 Å². The predicted octanol–water partition coefficient (Wildman–Crippen LogP) is 8.71. The Morgan fingerprint density at radius 1 is 0.694 bits per heavy atom. The minimum atomic E-state index is -0.920. The number of aromatic nitrogens is 4. The Bertz CT molecular complexity index is 2730. The van der Waals surface area contributed by atoms with Crippen LogP contribution in [0, 0.1) is 0 Å². The van der Waals surface area contributed by atoms with Crippen molar-refractivity contribution in [3.05, 3.63) is 144 Å². The smallest absolute Gasteiger partial charge is 0.407 e. The van der Waals surface area contributed by atoms with Gasteiger partial charge in [0.2, 0.25) is 0 Å². The van der Waals surface area contributed by atoms with E-state index < -0.39 is 30.3 Å². The van der Waals surface area contributed by atoms with Crippen LogP contribution in [-0.4, -0.2) is 81.0 Å². The van der Waals surface area contributed by atoms with E-state index in [2.05, 4.69) is 62.0 Å². The molecule has 6 heterocycles. The van der Waals surface area contributed by atoms with Gasteiger partial charge in [-0.05, 0) is 47.2 Å². The van der Waals surface area contributed by atoms with Crippen LogP contribution in [0.25, 0.3) is 41.7 Å². The largest absolute Gasteiger partial charge is 0.453 e. The van der Waals surface area contributed by atoms with E-state index in [1.165, 1.54) is 14.2 Å². The highest BCUT2D eigenvalue weighted by molar-refractivity contribution is 7.31. The molecule has 0 spiro atoms. The van der Waals surface area contributed by atoms with Gasteiger partial charge in [-0.2, -0.15) is 0 Å². The molecule has 2 unspecified atom stereocenters. The molecule has 4 atom stereocenters. The number of alkyl carbamates (subject to hydrolysis) is 2. The molecule has 0 aliphatic carbocycles. The molecular weight excluding hydrogens is 825 g/mol. The highest BCUT2D eigenvalue weighted by atomic mass is 32.1. The molecule has 7 aromatic rings. The van der Waals surface area contributed by atoms with Crippen molar-refractivity contribution in [2.45, 2.75) is 37.0 Å². The number of thiophene rings is 2. The van der Waals surface area contributed by atoms with Crippen LogP contribution in [0.4, 0.5) is 9.59 Å². The lowest BCUT2D eigenvalue weighted by Gasteiger charge is -2.28. The van der Waals surface area contributed by atoms with Crippen molar-refractivity contribution in [1.29, 1.82) is 0 Å². The monoisotopic (exact) mass is 866 g/mol. The normalized spacial score (nSPS) is 16.9. The topological polar surface area (TPSA) is 175 Å². The number of carbonyl (C=O) groups excluding carboxylic acids is 4. The van der Waals surface area contributed by atoms with E-state index in [-0.39, 0.29) is 17.9 Å². The zero-order valence-electron chi connectivity index (χ0n) is 33.7. The van der Waals surface area contributed by atoms with Gasteiger partial charge < -0.3 is 39.9 Å². The molecular formula is C46H42N8O6S2. The number of carbonyl (C=O) groups is 4. The summed E-state index contributed by atoms with van der Waals surface area (Å²) < 4.78 is 12.0.